The summed E-state index contributed by atoms with van der Waals surface area (Å²) >= 11 is 0. The molecular formula is C15H20O2. The maximum Gasteiger partial charge on any atom is 0.134 e. The fourth-order valence-corrected chi connectivity index (χ4v) is 2.07. The quantitative estimate of drug-likeness (QED) is 0.747. The number of hydrogen-bond acceptors (Lipinski definition) is 2. The summed E-state index contributed by atoms with van der Waals surface area (Å²) < 4.78 is 5.64. The number of para-hydroxylation sites is 1. The Labute approximate surface area is 102 Å². The molecule has 0 aliphatic carbocycles. The molecule has 1 aromatic carbocycles. The summed E-state index contributed by atoms with van der Waals surface area (Å²) in [7, 11) is 0. The fourth-order valence-electron chi connectivity index (χ4n) is 2.07. The van der Waals surface area contributed by atoms with Gasteiger partial charge in [0.05, 0.1) is 0 Å². The van der Waals surface area contributed by atoms with Crippen molar-refractivity contribution >= 4 is 11.0 Å². The SMILES string of the molecule is CCCCCCC(O)c1cc2ccccc2o1. The van der Waals surface area contributed by atoms with Crippen LogP contribution in [-0.2, 0) is 0 Å². The highest BCUT2D eigenvalue weighted by Crippen LogP contribution is 2.26. The van der Waals surface area contributed by atoms with Gasteiger partial charge in [-0.05, 0) is 18.6 Å². The Morgan fingerprint density at radius 1 is 1.18 bits per heavy atom. The predicted octanol–water partition coefficient (Wildman–Crippen LogP) is 4.44. The first-order chi connectivity index (χ1) is 8.31. The third kappa shape index (κ3) is 3.10. The molecule has 1 aromatic heterocycles. The Bertz CT molecular complexity index is 426. The van der Waals surface area contributed by atoms with Crippen LogP contribution in [0.5, 0.6) is 0 Å². The van der Waals surface area contributed by atoms with Crippen LogP contribution in [-0.4, -0.2) is 5.11 Å². The highest BCUT2D eigenvalue weighted by Gasteiger charge is 2.12. The van der Waals surface area contributed by atoms with Crippen molar-refractivity contribution in [2.45, 2.75) is 45.1 Å². The van der Waals surface area contributed by atoms with Gasteiger partial charge >= 0.3 is 0 Å². The second kappa shape index (κ2) is 5.87. The van der Waals surface area contributed by atoms with Gasteiger partial charge in [-0.1, -0.05) is 50.8 Å². The predicted molar refractivity (Wildman–Crippen MR) is 69.9 cm³/mol. The zero-order valence-electron chi connectivity index (χ0n) is 10.4. The van der Waals surface area contributed by atoms with Gasteiger partial charge in [0.2, 0.25) is 0 Å². The van der Waals surface area contributed by atoms with E-state index in [1.807, 2.05) is 30.3 Å². The van der Waals surface area contributed by atoms with E-state index in [0.29, 0.717) is 5.76 Å². The molecule has 0 radical (unpaired) electrons. The van der Waals surface area contributed by atoms with Crippen LogP contribution in [0.4, 0.5) is 0 Å². The van der Waals surface area contributed by atoms with Gasteiger partial charge < -0.3 is 9.52 Å². The van der Waals surface area contributed by atoms with Crippen LogP contribution in [0.1, 0.15) is 50.9 Å². The maximum absolute atomic E-state index is 10.0. The Morgan fingerprint density at radius 3 is 2.76 bits per heavy atom. The highest BCUT2D eigenvalue weighted by atomic mass is 16.4. The van der Waals surface area contributed by atoms with Gasteiger partial charge in [-0.15, -0.1) is 0 Å². The number of rotatable bonds is 6. The fraction of sp³-hybridized carbons (Fsp3) is 0.467. The number of benzene rings is 1. The Hall–Kier alpha value is -1.28. The average molecular weight is 232 g/mol. The van der Waals surface area contributed by atoms with E-state index in [1.165, 1.54) is 19.3 Å². The summed E-state index contributed by atoms with van der Waals surface area (Å²) in [4.78, 5) is 0. The largest absolute Gasteiger partial charge is 0.458 e. The molecule has 0 aliphatic heterocycles. The minimum Gasteiger partial charge on any atom is -0.458 e. The lowest BCUT2D eigenvalue weighted by Gasteiger charge is -2.06. The molecule has 0 aliphatic rings. The van der Waals surface area contributed by atoms with Gasteiger partial charge in [-0.25, -0.2) is 0 Å². The van der Waals surface area contributed by atoms with Crippen LogP contribution in [0, 0.1) is 0 Å². The van der Waals surface area contributed by atoms with Gasteiger partial charge in [0.15, 0.2) is 0 Å². The summed E-state index contributed by atoms with van der Waals surface area (Å²) in [5, 5.41) is 11.1. The molecule has 0 fully saturated rings. The normalized spacial score (nSPS) is 13.1. The molecule has 92 valence electrons. The molecule has 1 heterocycles. The molecule has 1 N–H and O–H groups in total. The number of aliphatic hydroxyl groups is 1. The molecule has 2 heteroatoms. The Balaban J connectivity index is 1.96. The molecule has 0 bridgehead atoms. The minimum absolute atomic E-state index is 0.459. The van der Waals surface area contributed by atoms with Gasteiger partial charge in [0.1, 0.15) is 17.4 Å². The van der Waals surface area contributed by atoms with E-state index in [-0.39, 0.29) is 0 Å². The molecule has 0 amide bonds. The van der Waals surface area contributed by atoms with Gasteiger partial charge in [0, 0.05) is 5.39 Å². The van der Waals surface area contributed by atoms with Crippen molar-refractivity contribution in [2.24, 2.45) is 0 Å². The lowest BCUT2D eigenvalue weighted by Crippen LogP contribution is -1.95. The van der Waals surface area contributed by atoms with E-state index in [4.69, 9.17) is 4.42 Å². The minimum atomic E-state index is -0.459. The zero-order valence-corrected chi connectivity index (χ0v) is 10.4. The monoisotopic (exact) mass is 232 g/mol. The number of fused-ring (bicyclic) bond motifs is 1. The van der Waals surface area contributed by atoms with E-state index in [1.54, 1.807) is 0 Å². The van der Waals surface area contributed by atoms with Gasteiger partial charge in [-0.3, -0.25) is 0 Å². The summed E-state index contributed by atoms with van der Waals surface area (Å²) in [6.07, 6.45) is 5.05. The standard InChI is InChI=1S/C15H20O2/c1-2-3-4-5-9-13(16)15-11-12-8-6-7-10-14(12)17-15/h6-8,10-11,13,16H,2-5,9H2,1H3. The molecule has 0 saturated carbocycles. The van der Waals surface area contributed by atoms with Crippen LogP contribution >= 0.6 is 0 Å². The summed E-state index contributed by atoms with van der Waals surface area (Å²) in [5.74, 6) is 0.697. The van der Waals surface area contributed by atoms with E-state index in [9.17, 15) is 5.11 Å². The smallest absolute Gasteiger partial charge is 0.134 e. The first-order valence-corrected chi connectivity index (χ1v) is 6.48. The van der Waals surface area contributed by atoms with Crippen LogP contribution in [0.2, 0.25) is 0 Å². The van der Waals surface area contributed by atoms with Crippen molar-refractivity contribution in [3.8, 4) is 0 Å². The van der Waals surface area contributed by atoms with Crippen LogP contribution < -0.4 is 0 Å². The summed E-state index contributed by atoms with van der Waals surface area (Å²) in [6, 6.07) is 9.81. The van der Waals surface area contributed by atoms with Crippen molar-refractivity contribution in [1.82, 2.24) is 0 Å². The number of furan rings is 1. The molecule has 0 spiro atoms. The maximum atomic E-state index is 10.0. The second-order valence-electron chi connectivity index (χ2n) is 4.55. The number of aliphatic hydroxyl groups excluding tert-OH is 1. The van der Waals surface area contributed by atoms with Crippen molar-refractivity contribution < 1.29 is 9.52 Å². The van der Waals surface area contributed by atoms with Crippen molar-refractivity contribution in [2.75, 3.05) is 0 Å². The van der Waals surface area contributed by atoms with E-state index in [2.05, 4.69) is 6.92 Å². The molecule has 2 aromatic rings. The third-order valence-corrected chi connectivity index (χ3v) is 3.10. The molecule has 1 unspecified atom stereocenters. The summed E-state index contributed by atoms with van der Waals surface area (Å²) in [6.45, 7) is 2.19. The van der Waals surface area contributed by atoms with Gasteiger partial charge in [0.25, 0.3) is 0 Å². The first kappa shape index (κ1) is 12.2. The molecule has 2 rings (SSSR count). The topological polar surface area (TPSA) is 33.4 Å². The Kier molecular flexibility index (Phi) is 4.21. The van der Waals surface area contributed by atoms with Crippen LogP contribution in [0.3, 0.4) is 0 Å². The first-order valence-electron chi connectivity index (χ1n) is 6.48. The second-order valence-corrected chi connectivity index (χ2v) is 4.55. The third-order valence-electron chi connectivity index (χ3n) is 3.10. The number of hydrogen-bond donors (Lipinski definition) is 1. The van der Waals surface area contributed by atoms with E-state index in [0.717, 1.165) is 23.8 Å². The zero-order chi connectivity index (χ0) is 12.1. The Morgan fingerprint density at radius 2 is 2.00 bits per heavy atom. The van der Waals surface area contributed by atoms with Crippen molar-refractivity contribution in [3.05, 3.63) is 36.1 Å². The van der Waals surface area contributed by atoms with Crippen LogP contribution in [0.25, 0.3) is 11.0 Å². The summed E-state index contributed by atoms with van der Waals surface area (Å²) in [5.41, 5.74) is 0.857. The molecule has 2 nitrogen and oxygen atoms in total. The number of unbranched alkanes of at least 4 members (excludes halogenated alkanes) is 3. The average Bonchev–Trinajstić information content (AvgIpc) is 2.78. The van der Waals surface area contributed by atoms with E-state index < -0.39 is 6.10 Å². The molecule has 0 saturated heterocycles. The van der Waals surface area contributed by atoms with Gasteiger partial charge in [-0.2, -0.15) is 0 Å². The van der Waals surface area contributed by atoms with E-state index >= 15 is 0 Å². The van der Waals surface area contributed by atoms with Crippen LogP contribution in [0.15, 0.2) is 34.7 Å². The molecular weight excluding hydrogens is 212 g/mol. The molecule has 1 atom stereocenters. The highest BCUT2D eigenvalue weighted by molar-refractivity contribution is 5.77. The molecule has 17 heavy (non-hydrogen) atoms. The van der Waals surface area contributed by atoms with Crippen molar-refractivity contribution in [1.29, 1.82) is 0 Å². The lowest BCUT2D eigenvalue weighted by atomic mass is 10.1. The van der Waals surface area contributed by atoms with Crippen molar-refractivity contribution in [3.63, 3.8) is 0 Å². The lowest BCUT2D eigenvalue weighted by molar-refractivity contribution is 0.139.